The zero-order valence-electron chi connectivity index (χ0n) is 8.70. The summed E-state index contributed by atoms with van der Waals surface area (Å²) in [5, 5.41) is 0. The molecule has 0 aromatic heterocycles. The van der Waals surface area contributed by atoms with Crippen molar-refractivity contribution >= 4 is 26.0 Å². The summed E-state index contributed by atoms with van der Waals surface area (Å²) in [5.41, 5.74) is 0. The largest absolute Gasteiger partial charge is 0.240 e. The molecule has 0 bridgehead atoms. The van der Waals surface area contributed by atoms with Gasteiger partial charge in [0.1, 0.15) is 0 Å². The molecule has 3 nitrogen and oxygen atoms in total. The number of rotatable bonds is 4. The predicted octanol–water partition coefficient (Wildman–Crippen LogP) is 2.38. The van der Waals surface area contributed by atoms with E-state index in [0.29, 0.717) is 17.4 Å². The zero-order valence-corrected chi connectivity index (χ0v) is 11.1. The summed E-state index contributed by atoms with van der Waals surface area (Å²) >= 11 is 3.26. The predicted molar refractivity (Wildman–Crippen MR) is 64.2 cm³/mol. The van der Waals surface area contributed by atoms with Gasteiger partial charge in [-0.1, -0.05) is 29.8 Å². The molecule has 84 valence electrons. The van der Waals surface area contributed by atoms with Gasteiger partial charge in [0.25, 0.3) is 0 Å². The molecule has 1 N–H and O–H groups in total. The minimum absolute atomic E-state index is 0.298. The standard InChI is InChI=1S/C10H14BrNO2S/c1-8(2)7-12-15(13,14)10-5-3-9(11)4-6-10/h3-6,8,12H,7H2,1-2H3. The number of hydrogen-bond donors (Lipinski definition) is 1. The van der Waals surface area contributed by atoms with Crippen LogP contribution >= 0.6 is 15.9 Å². The molecular formula is C10H14BrNO2S. The monoisotopic (exact) mass is 291 g/mol. The fourth-order valence-corrected chi connectivity index (χ4v) is 2.45. The van der Waals surface area contributed by atoms with Crippen molar-refractivity contribution in [2.45, 2.75) is 18.7 Å². The van der Waals surface area contributed by atoms with Gasteiger partial charge in [-0.05, 0) is 30.2 Å². The van der Waals surface area contributed by atoms with E-state index in [-0.39, 0.29) is 0 Å². The maximum atomic E-state index is 11.7. The topological polar surface area (TPSA) is 46.2 Å². The Kier molecular flexibility index (Phi) is 4.31. The maximum Gasteiger partial charge on any atom is 0.240 e. The molecule has 1 aromatic rings. The molecule has 0 aliphatic carbocycles. The van der Waals surface area contributed by atoms with Crippen molar-refractivity contribution in [2.24, 2.45) is 5.92 Å². The normalized spacial score (nSPS) is 12.0. The summed E-state index contributed by atoms with van der Waals surface area (Å²) in [6.45, 7) is 4.38. The molecule has 0 saturated heterocycles. The number of benzene rings is 1. The van der Waals surface area contributed by atoms with Crippen LogP contribution in [-0.4, -0.2) is 15.0 Å². The van der Waals surface area contributed by atoms with Gasteiger partial charge in [-0.15, -0.1) is 0 Å². The molecule has 0 unspecified atom stereocenters. The first-order valence-corrected chi connectivity index (χ1v) is 6.94. The van der Waals surface area contributed by atoms with E-state index >= 15 is 0 Å². The Morgan fingerprint density at radius 3 is 2.27 bits per heavy atom. The van der Waals surface area contributed by atoms with Gasteiger partial charge in [0, 0.05) is 11.0 Å². The third-order valence-electron chi connectivity index (χ3n) is 1.81. The van der Waals surface area contributed by atoms with Crippen LogP contribution in [0.1, 0.15) is 13.8 Å². The molecule has 0 atom stereocenters. The Morgan fingerprint density at radius 1 is 1.27 bits per heavy atom. The SMILES string of the molecule is CC(C)CNS(=O)(=O)c1ccc(Br)cc1. The highest BCUT2D eigenvalue weighted by atomic mass is 79.9. The van der Waals surface area contributed by atoms with E-state index in [0.717, 1.165) is 4.47 Å². The second kappa shape index (κ2) is 5.09. The molecule has 1 rings (SSSR count). The van der Waals surface area contributed by atoms with Gasteiger partial charge < -0.3 is 0 Å². The fourth-order valence-electron chi connectivity index (χ4n) is 0.973. The molecule has 0 fully saturated rings. The Hall–Kier alpha value is -0.390. The van der Waals surface area contributed by atoms with Crippen molar-refractivity contribution in [2.75, 3.05) is 6.54 Å². The highest BCUT2D eigenvalue weighted by Gasteiger charge is 2.13. The Bertz CT molecular complexity index is 412. The number of halogens is 1. The highest BCUT2D eigenvalue weighted by molar-refractivity contribution is 9.10. The zero-order chi connectivity index (χ0) is 11.5. The first-order valence-electron chi connectivity index (χ1n) is 4.67. The molecule has 0 aliphatic rings. The molecule has 5 heteroatoms. The molecule has 0 saturated carbocycles. The molecule has 15 heavy (non-hydrogen) atoms. The van der Waals surface area contributed by atoms with E-state index in [1.54, 1.807) is 24.3 Å². The van der Waals surface area contributed by atoms with E-state index in [2.05, 4.69) is 20.7 Å². The smallest absolute Gasteiger partial charge is 0.211 e. The van der Waals surface area contributed by atoms with Crippen LogP contribution in [0.2, 0.25) is 0 Å². The van der Waals surface area contributed by atoms with E-state index in [9.17, 15) is 8.42 Å². The van der Waals surface area contributed by atoms with Crippen LogP contribution in [0.15, 0.2) is 33.6 Å². The van der Waals surface area contributed by atoms with Crippen LogP contribution < -0.4 is 4.72 Å². The van der Waals surface area contributed by atoms with Gasteiger partial charge in [-0.2, -0.15) is 0 Å². The summed E-state index contributed by atoms with van der Waals surface area (Å²) < 4.78 is 26.9. The van der Waals surface area contributed by atoms with Crippen LogP contribution in [0.25, 0.3) is 0 Å². The second-order valence-corrected chi connectivity index (χ2v) is 6.38. The highest BCUT2D eigenvalue weighted by Crippen LogP contribution is 2.14. The van der Waals surface area contributed by atoms with Crippen LogP contribution in [0.3, 0.4) is 0 Å². The first kappa shape index (κ1) is 12.7. The van der Waals surface area contributed by atoms with Crippen molar-refractivity contribution in [3.05, 3.63) is 28.7 Å². The Balaban J connectivity index is 2.82. The lowest BCUT2D eigenvalue weighted by Crippen LogP contribution is -2.27. The van der Waals surface area contributed by atoms with E-state index < -0.39 is 10.0 Å². The lowest BCUT2D eigenvalue weighted by atomic mass is 10.2. The van der Waals surface area contributed by atoms with Crippen molar-refractivity contribution < 1.29 is 8.42 Å². The third kappa shape index (κ3) is 3.93. The van der Waals surface area contributed by atoms with Crippen molar-refractivity contribution in [3.8, 4) is 0 Å². The molecule has 0 radical (unpaired) electrons. The molecular weight excluding hydrogens is 278 g/mol. The lowest BCUT2D eigenvalue weighted by Gasteiger charge is -2.08. The Morgan fingerprint density at radius 2 is 1.80 bits per heavy atom. The third-order valence-corrected chi connectivity index (χ3v) is 3.77. The average Bonchev–Trinajstić information content (AvgIpc) is 2.16. The first-order chi connectivity index (χ1) is 6.92. The molecule has 0 heterocycles. The van der Waals surface area contributed by atoms with Crippen molar-refractivity contribution in [3.63, 3.8) is 0 Å². The van der Waals surface area contributed by atoms with Crippen molar-refractivity contribution in [1.29, 1.82) is 0 Å². The average molecular weight is 292 g/mol. The number of hydrogen-bond acceptors (Lipinski definition) is 2. The molecule has 1 aromatic carbocycles. The fraction of sp³-hybridized carbons (Fsp3) is 0.400. The van der Waals surface area contributed by atoms with E-state index in [1.807, 2.05) is 13.8 Å². The van der Waals surface area contributed by atoms with Gasteiger partial charge in [-0.25, -0.2) is 13.1 Å². The number of nitrogens with one attached hydrogen (secondary N) is 1. The lowest BCUT2D eigenvalue weighted by molar-refractivity contribution is 0.560. The van der Waals surface area contributed by atoms with Crippen LogP contribution in [0.5, 0.6) is 0 Å². The van der Waals surface area contributed by atoms with Gasteiger partial charge in [0.05, 0.1) is 4.90 Å². The maximum absolute atomic E-state index is 11.7. The minimum Gasteiger partial charge on any atom is -0.211 e. The minimum atomic E-state index is -3.34. The van der Waals surface area contributed by atoms with Gasteiger partial charge in [-0.3, -0.25) is 0 Å². The number of sulfonamides is 1. The summed E-state index contributed by atoms with van der Waals surface area (Å²) in [6.07, 6.45) is 0. The molecule has 0 amide bonds. The summed E-state index contributed by atoms with van der Waals surface area (Å²) in [6, 6.07) is 6.58. The van der Waals surface area contributed by atoms with E-state index in [1.165, 1.54) is 0 Å². The van der Waals surface area contributed by atoms with Crippen LogP contribution in [0.4, 0.5) is 0 Å². The van der Waals surface area contributed by atoms with Crippen LogP contribution in [-0.2, 0) is 10.0 Å². The summed E-state index contributed by atoms with van der Waals surface area (Å²) in [5.74, 6) is 0.301. The molecule has 0 aliphatic heterocycles. The quantitative estimate of drug-likeness (QED) is 0.926. The Labute approximate surface area is 99.1 Å². The second-order valence-electron chi connectivity index (χ2n) is 3.70. The van der Waals surface area contributed by atoms with Crippen molar-refractivity contribution in [1.82, 2.24) is 4.72 Å². The summed E-state index contributed by atoms with van der Waals surface area (Å²) in [7, 11) is -3.34. The van der Waals surface area contributed by atoms with E-state index in [4.69, 9.17) is 0 Å². The van der Waals surface area contributed by atoms with Gasteiger partial charge >= 0.3 is 0 Å². The molecule has 0 spiro atoms. The van der Waals surface area contributed by atoms with Gasteiger partial charge in [0.15, 0.2) is 0 Å². The summed E-state index contributed by atoms with van der Waals surface area (Å²) in [4.78, 5) is 0.298. The van der Waals surface area contributed by atoms with Crippen LogP contribution in [0, 0.1) is 5.92 Å². The van der Waals surface area contributed by atoms with Gasteiger partial charge in [0.2, 0.25) is 10.0 Å².